The van der Waals surface area contributed by atoms with Gasteiger partial charge in [0.05, 0.1) is 11.0 Å². The van der Waals surface area contributed by atoms with Gasteiger partial charge in [-0.15, -0.1) is 11.3 Å². The Morgan fingerprint density at radius 2 is 2.06 bits per heavy atom. The van der Waals surface area contributed by atoms with Crippen molar-refractivity contribution < 1.29 is 32.2 Å². The minimum atomic E-state index is -3.01. The SMILES string of the molecule is CC(C)(C)[C@H]1CN(Cc2cnc(-c3cc(Cl)ccc3OC(F)F)s2)C[C@](CC(F)F)(C(=O)O)C1. The highest BCUT2D eigenvalue weighted by Crippen LogP contribution is 2.45. The summed E-state index contributed by atoms with van der Waals surface area (Å²) in [7, 11) is 0. The number of aromatic nitrogens is 1. The van der Waals surface area contributed by atoms with E-state index in [-0.39, 0.29) is 30.0 Å². The molecule has 1 aromatic carbocycles. The van der Waals surface area contributed by atoms with E-state index >= 15 is 0 Å². The zero-order valence-electron chi connectivity index (χ0n) is 19.0. The molecular weight excluding hydrogens is 496 g/mol. The predicted molar refractivity (Wildman–Crippen MR) is 123 cm³/mol. The fourth-order valence-corrected chi connectivity index (χ4v) is 5.53. The summed E-state index contributed by atoms with van der Waals surface area (Å²) in [5, 5.41) is 10.7. The van der Waals surface area contributed by atoms with Crippen LogP contribution in [-0.2, 0) is 11.3 Å². The molecule has 0 radical (unpaired) electrons. The van der Waals surface area contributed by atoms with Gasteiger partial charge in [-0.05, 0) is 36.0 Å². The molecule has 0 spiro atoms. The van der Waals surface area contributed by atoms with E-state index in [1.165, 1.54) is 29.5 Å². The first-order chi connectivity index (χ1) is 15.8. The standard InChI is InChI=1S/C23H27ClF4N2O3S/c1-22(2,3)13-7-23(20(31)32,8-18(25)26)12-30(10-13)11-15-9-29-19(34-15)16-6-14(24)4-5-17(16)33-21(27)28/h4-6,9,13,18,21H,7-8,10-12H2,1-3H3,(H,31,32)/t13-,23+/m1/s1. The zero-order valence-corrected chi connectivity index (χ0v) is 20.6. The molecule has 5 nitrogen and oxygen atoms in total. The third-order valence-corrected chi connectivity index (χ3v) is 7.44. The quantitative estimate of drug-likeness (QED) is 0.393. The predicted octanol–water partition coefficient (Wildman–Crippen LogP) is 6.66. The van der Waals surface area contributed by atoms with Gasteiger partial charge in [0.15, 0.2) is 0 Å². The van der Waals surface area contributed by atoms with E-state index in [1.807, 2.05) is 25.7 Å². The Morgan fingerprint density at radius 3 is 2.65 bits per heavy atom. The van der Waals surface area contributed by atoms with Crippen molar-refractivity contribution in [2.45, 2.75) is 53.2 Å². The number of likely N-dealkylation sites (tertiary alicyclic amines) is 1. The monoisotopic (exact) mass is 522 g/mol. The lowest BCUT2D eigenvalue weighted by molar-refractivity contribution is -0.160. The molecule has 1 aliphatic heterocycles. The lowest BCUT2D eigenvalue weighted by Gasteiger charge is -2.47. The Hall–Kier alpha value is -1.91. The zero-order chi connectivity index (χ0) is 25.3. The number of carboxylic acids is 1. The molecule has 1 aromatic heterocycles. The second-order valence-electron chi connectivity index (χ2n) is 9.77. The molecular formula is C23H27ClF4N2O3S. The molecule has 3 rings (SSSR count). The van der Waals surface area contributed by atoms with Crippen molar-refractivity contribution in [2.24, 2.45) is 16.7 Å². The van der Waals surface area contributed by atoms with Gasteiger partial charge in [-0.2, -0.15) is 8.78 Å². The Labute approximate surface area is 204 Å². The van der Waals surface area contributed by atoms with Crippen LogP contribution in [-0.4, -0.2) is 47.1 Å². The maximum atomic E-state index is 13.4. The van der Waals surface area contributed by atoms with Crippen LogP contribution in [0.15, 0.2) is 24.4 Å². The molecule has 1 aliphatic rings. The highest BCUT2D eigenvalue weighted by Gasteiger charge is 2.49. The number of carbonyl (C=O) groups is 1. The topological polar surface area (TPSA) is 62.7 Å². The maximum absolute atomic E-state index is 13.4. The van der Waals surface area contributed by atoms with Crippen molar-refractivity contribution in [2.75, 3.05) is 13.1 Å². The molecule has 2 heterocycles. The summed E-state index contributed by atoms with van der Waals surface area (Å²) in [6.45, 7) is 3.75. The maximum Gasteiger partial charge on any atom is 0.387 e. The van der Waals surface area contributed by atoms with Crippen molar-refractivity contribution in [1.82, 2.24) is 9.88 Å². The summed E-state index contributed by atoms with van der Waals surface area (Å²) < 4.78 is 57.0. The van der Waals surface area contributed by atoms with E-state index in [0.29, 0.717) is 28.7 Å². The molecule has 0 bridgehead atoms. The van der Waals surface area contributed by atoms with Crippen molar-refractivity contribution in [3.8, 4) is 16.3 Å². The Morgan fingerprint density at radius 1 is 1.35 bits per heavy atom. The van der Waals surface area contributed by atoms with E-state index in [0.717, 1.165) is 4.88 Å². The second kappa shape index (κ2) is 10.4. The van der Waals surface area contributed by atoms with E-state index in [1.54, 1.807) is 6.20 Å². The number of ether oxygens (including phenoxy) is 1. The summed E-state index contributed by atoms with van der Waals surface area (Å²) in [5.74, 6) is -1.39. The van der Waals surface area contributed by atoms with Crippen LogP contribution in [0.4, 0.5) is 17.6 Å². The van der Waals surface area contributed by atoms with Crippen molar-refractivity contribution in [1.29, 1.82) is 0 Å². The first-order valence-corrected chi connectivity index (χ1v) is 11.9. The molecule has 0 unspecified atom stereocenters. The number of aliphatic carboxylic acids is 1. The van der Waals surface area contributed by atoms with Crippen molar-refractivity contribution >= 4 is 28.9 Å². The molecule has 188 valence electrons. The summed E-state index contributed by atoms with van der Waals surface area (Å²) in [5.41, 5.74) is -1.51. The summed E-state index contributed by atoms with van der Waals surface area (Å²) >= 11 is 7.26. The summed E-state index contributed by atoms with van der Waals surface area (Å²) in [6.07, 6.45) is -1.69. The van der Waals surface area contributed by atoms with E-state index < -0.39 is 30.8 Å². The van der Waals surface area contributed by atoms with Gasteiger partial charge in [0.2, 0.25) is 6.43 Å². The minimum Gasteiger partial charge on any atom is -0.481 e. The lowest BCUT2D eigenvalue weighted by Crippen LogP contribution is -2.54. The minimum absolute atomic E-state index is 0.0105. The van der Waals surface area contributed by atoms with Crippen molar-refractivity contribution in [3.05, 3.63) is 34.3 Å². The van der Waals surface area contributed by atoms with Crippen LogP contribution < -0.4 is 4.74 Å². The van der Waals surface area contributed by atoms with Gasteiger partial charge in [-0.25, -0.2) is 13.8 Å². The molecule has 2 aromatic rings. The molecule has 11 heteroatoms. The van der Waals surface area contributed by atoms with Crippen LogP contribution in [0, 0.1) is 16.7 Å². The molecule has 1 saturated heterocycles. The third-order valence-electron chi connectivity index (χ3n) is 6.19. The first-order valence-electron chi connectivity index (χ1n) is 10.7. The Balaban J connectivity index is 1.88. The van der Waals surface area contributed by atoms with Crippen molar-refractivity contribution in [3.63, 3.8) is 0 Å². The fraction of sp³-hybridized carbons (Fsp3) is 0.565. The van der Waals surface area contributed by atoms with Gasteiger partial charge in [-0.3, -0.25) is 9.69 Å². The van der Waals surface area contributed by atoms with Gasteiger partial charge >= 0.3 is 12.6 Å². The van der Waals surface area contributed by atoms with E-state index in [4.69, 9.17) is 11.6 Å². The Kier molecular flexibility index (Phi) is 8.14. The number of hydrogen-bond acceptors (Lipinski definition) is 5. The van der Waals surface area contributed by atoms with Gasteiger partial charge in [0.25, 0.3) is 0 Å². The first kappa shape index (κ1) is 26.7. The van der Waals surface area contributed by atoms with Crippen LogP contribution in [0.25, 0.3) is 10.6 Å². The normalized spacial score (nSPS) is 21.9. The largest absolute Gasteiger partial charge is 0.481 e. The smallest absolute Gasteiger partial charge is 0.387 e. The number of nitrogens with zero attached hydrogens (tertiary/aromatic N) is 2. The van der Waals surface area contributed by atoms with Gasteiger partial charge in [0.1, 0.15) is 10.8 Å². The number of halogens is 5. The van der Waals surface area contributed by atoms with Crippen LogP contribution in [0.5, 0.6) is 5.75 Å². The summed E-state index contributed by atoms with van der Waals surface area (Å²) in [4.78, 5) is 19.1. The molecule has 0 aliphatic carbocycles. The number of rotatable bonds is 8. The van der Waals surface area contributed by atoms with Crippen LogP contribution in [0.3, 0.4) is 0 Å². The number of hydrogen-bond donors (Lipinski definition) is 1. The molecule has 0 amide bonds. The average molecular weight is 523 g/mol. The van der Waals surface area contributed by atoms with Gasteiger partial charge in [0, 0.05) is 42.2 Å². The Bertz CT molecular complexity index is 1010. The van der Waals surface area contributed by atoms with Gasteiger partial charge < -0.3 is 9.84 Å². The fourth-order valence-electron chi connectivity index (χ4n) is 4.38. The molecule has 1 fully saturated rings. The van der Waals surface area contributed by atoms with Crippen LogP contribution in [0.2, 0.25) is 5.02 Å². The highest BCUT2D eigenvalue weighted by molar-refractivity contribution is 7.15. The highest BCUT2D eigenvalue weighted by atomic mass is 35.5. The molecule has 2 atom stereocenters. The van der Waals surface area contributed by atoms with Gasteiger partial charge in [-0.1, -0.05) is 32.4 Å². The summed E-state index contributed by atoms with van der Waals surface area (Å²) in [6, 6.07) is 4.26. The van der Waals surface area contributed by atoms with E-state index in [9.17, 15) is 27.5 Å². The number of alkyl halides is 4. The average Bonchev–Trinajstić information content (AvgIpc) is 3.15. The second-order valence-corrected chi connectivity index (χ2v) is 11.3. The molecule has 1 N–H and O–H groups in total. The van der Waals surface area contributed by atoms with E-state index in [2.05, 4.69) is 9.72 Å². The number of thiazole rings is 1. The van der Waals surface area contributed by atoms with Crippen LogP contribution in [0.1, 0.15) is 38.5 Å². The molecule has 34 heavy (non-hydrogen) atoms. The lowest BCUT2D eigenvalue weighted by atomic mass is 9.66. The van der Waals surface area contributed by atoms with Crippen LogP contribution >= 0.6 is 22.9 Å². The number of benzene rings is 1. The third kappa shape index (κ3) is 6.40. The molecule has 0 saturated carbocycles. The number of piperidine rings is 1. The number of carboxylic acid groups (broad SMARTS) is 1.